The molecular formula is C18H10Cl2N4O4. The lowest BCUT2D eigenvalue weighted by Crippen LogP contribution is -2.37. The predicted molar refractivity (Wildman–Crippen MR) is 99.2 cm³/mol. The maximum Gasteiger partial charge on any atom is 0.257 e. The summed E-state index contributed by atoms with van der Waals surface area (Å²) in [6.45, 7) is 0. The predicted octanol–water partition coefficient (Wildman–Crippen LogP) is 1.69. The van der Waals surface area contributed by atoms with Gasteiger partial charge in [-0.25, -0.2) is 0 Å². The van der Waals surface area contributed by atoms with Gasteiger partial charge in [0.05, 0.1) is 11.1 Å². The number of nitrogens with one attached hydrogen (secondary N) is 2. The Morgan fingerprint density at radius 1 is 0.750 bits per heavy atom. The van der Waals surface area contributed by atoms with E-state index in [-0.39, 0.29) is 11.1 Å². The van der Waals surface area contributed by atoms with Gasteiger partial charge in [0.25, 0.3) is 11.8 Å². The number of pyridine rings is 2. The van der Waals surface area contributed by atoms with Gasteiger partial charge in [0.1, 0.15) is 21.5 Å². The average molecular weight is 417 g/mol. The molecule has 0 radical (unpaired) electrons. The van der Waals surface area contributed by atoms with Crippen molar-refractivity contribution in [2.24, 2.45) is 0 Å². The molecule has 0 aromatic carbocycles. The summed E-state index contributed by atoms with van der Waals surface area (Å²) >= 11 is 11.9. The lowest BCUT2D eigenvalue weighted by atomic mass is 10.0. The Labute approximate surface area is 168 Å². The van der Waals surface area contributed by atoms with Crippen LogP contribution >= 0.6 is 23.2 Å². The summed E-state index contributed by atoms with van der Waals surface area (Å²) in [5.74, 6) is -3.22. The first-order chi connectivity index (χ1) is 13.4. The highest BCUT2D eigenvalue weighted by atomic mass is 35.5. The Morgan fingerprint density at radius 2 is 1.14 bits per heavy atom. The Hall–Kier alpha value is -3.36. The van der Waals surface area contributed by atoms with E-state index in [1.807, 2.05) is 0 Å². The van der Waals surface area contributed by atoms with Crippen molar-refractivity contribution in [3.63, 3.8) is 0 Å². The van der Waals surface area contributed by atoms with E-state index in [4.69, 9.17) is 23.2 Å². The molecule has 28 heavy (non-hydrogen) atoms. The quantitative estimate of drug-likeness (QED) is 0.732. The fourth-order valence-corrected chi connectivity index (χ4v) is 2.69. The van der Waals surface area contributed by atoms with Gasteiger partial charge >= 0.3 is 0 Å². The van der Waals surface area contributed by atoms with Gasteiger partial charge in [-0.3, -0.25) is 29.1 Å². The molecule has 0 unspecified atom stereocenters. The minimum Gasteiger partial charge on any atom is -0.317 e. The molecule has 0 fully saturated rings. The normalized spacial score (nSPS) is 14.2. The van der Waals surface area contributed by atoms with Crippen LogP contribution in [-0.4, -0.2) is 33.3 Å². The van der Waals surface area contributed by atoms with Crippen LogP contribution in [0.2, 0.25) is 0 Å². The molecule has 8 nitrogen and oxygen atoms in total. The fourth-order valence-electron chi connectivity index (χ4n) is 2.23. The van der Waals surface area contributed by atoms with Crippen molar-refractivity contribution >= 4 is 46.6 Å². The average Bonchev–Trinajstić information content (AvgIpc) is 2.73. The van der Waals surface area contributed by atoms with Crippen molar-refractivity contribution < 1.29 is 19.2 Å². The molecular weight excluding hydrogens is 407 g/mol. The summed E-state index contributed by atoms with van der Waals surface area (Å²) in [4.78, 5) is 57.0. The van der Waals surface area contributed by atoms with Crippen LogP contribution in [0, 0.1) is 0 Å². The Kier molecular flexibility index (Phi) is 5.62. The molecule has 2 heterocycles. The highest BCUT2D eigenvalue weighted by molar-refractivity contribution is 6.56. The van der Waals surface area contributed by atoms with Gasteiger partial charge in [-0.05, 0) is 24.3 Å². The molecule has 0 saturated carbocycles. The van der Waals surface area contributed by atoms with E-state index in [9.17, 15) is 19.2 Å². The van der Waals surface area contributed by atoms with E-state index in [1.165, 1.54) is 49.1 Å². The monoisotopic (exact) mass is 416 g/mol. The summed E-state index contributed by atoms with van der Waals surface area (Å²) in [5, 5.41) is 3.36. The van der Waals surface area contributed by atoms with Crippen molar-refractivity contribution in [3.05, 3.63) is 81.6 Å². The molecule has 0 atom stereocenters. The maximum atomic E-state index is 12.5. The summed E-state index contributed by atoms with van der Waals surface area (Å²) < 4.78 is 0. The SMILES string of the molecule is O=C1C(Cl)=C(NC(=O)c2cccnc2)C(=O)C(Cl)=C1NC(=O)c1cccnc1. The molecule has 0 bridgehead atoms. The number of hydrogen-bond acceptors (Lipinski definition) is 6. The smallest absolute Gasteiger partial charge is 0.257 e. The molecule has 2 amide bonds. The van der Waals surface area contributed by atoms with Crippen LogP contribution in [0.5, 0.6) is 0 Å². The standard InChI is InChI=1S/C18H10Cl2N4O4/c19-11-13(23-17(27)9-3-1-5-21-7-9)15(25)12(20)14(16(11)26)24-18(28)10-4-2-6-22-8-10/h1-8H,(H,23,27)(H,24,28). The van der Waals surface area contributed by atoms with Crippen molar-refractivity contribution in [3.8, 4) is 0 Å². The number of allylic oxidation sites excluding steroid dienone is 2. The zero-order valence-electron chi connectivity index (χ0n) is 13.9. The molecule has 0 aliphatic heterocycles. The second-order valence-electron chi connectivity index (χ2n) is 5.43. The third-order valence-corrected chi connectivity index (χ3v) is 4.34. The molecule has 2 aromatic rings. The number of nitrogens with zero attached hydrogens (tertiary/aromatic N) is 2. The first kappa shape index (κ1) is 19.4. The van der Waals surface area contributed by atoms with Crippen molar-refractivity contribution in [1.82, 2.24) is 20.6 Å². The van der Waals surface area contributed by atoms with E-state index < -0.39 is 44.8 Å². The second-order valence-corrected chi connectivity index (χ2v) is 6.18. The first-order valence-corrected chi connectivity index (χ1v) is 8.47. The van der Waals surface area contributed by atoms with Gasteiger partial charge in [0, 0.05) is 24.8 Å². The summed E-state index contributed by atoms with van der Waals surface area (Å²) in [7, 11) is 0. The van der Waals surface area contributed by atoms with Gasteiger partial charge in [0.15, 0.2) is 0 Å². The molecule has 3 rings (SSSR count). The minimum atomic E-state index is -0.912. The topological polar surface area (TPSA) is 118 Å². The number of Topliss-reactive ketones (excluding diaryl/α,β-unsaturated/α-hetero) is 2. The highest BCUT2D eigenvalue weighted by Crippen LogP contribution is 2.27. The number of carbonyl (C=O) groups is 4. The van der Waals surface area contributed by atoms with Crippen LogP contribution in [0.25, 0.3) is 0 Å². The second kappa shape index (κ2) is 8.12. The summed E-state index contributed by atoms with van der Waals surface area (Å²) in [6.07, 6.45) is 5.48. The van der Waals surface area contributed by atoms with Crippen LogP contribution in [-0.2, 0) is 9.59 Å². The van der Waals surface area contributed by atoms with Gasteiger partial charge in [-0.15, -0.1) is 0 Å². The number of halogens is 2. The molecule has 1 aliphatic rings. The van der Waals surface area contributed by atoms with Crippen LogP contribution in [0.15, 0.2) is 70.5 Å². The Bertz CT molecular complexity index is 964. The molecule has 2 aromatic heterocycles. The Balaban J connectivity index is 1.84. The highest BCUT2D eigenvalue weighted by Gasteiger charge is 2.35. The van der Waals surface area contributed by atoms with Crippen LogP contribution < -0.4 is 10.6 Å². The molecule has 10 heteroatoms. The van der Waals surface area contributed by atoms with Crippen molar-refractivity contribution in [2.45, 2.75) is 0 Å². The fraction of sp³-hybridized carbons (Fsp3) is 0. The van der Waals surface area contributed by atoms with Gasteiger partial charge in [-0.2, -0.15) is 0 Å². The van der Waals surface area contributed by atoms with E-state index in [0.29, 0.717) is 0 Å². The lowest BCUT2D eigenvalue weighted by molar-refractivity contribution is -0.116. The zero-order valence-corrected chi connectivity index (χ0v) is 15.4. The number of hydrogen-bond donors (Lipinski definition) is 2. The van der Waals surface area contributed by atoms with Crippen molar-refractivity contribution in [1.29, 1.82) is 0 Å². The molecule has 0 spiro atoms. The van der Waals surface area contributed by atoms with Gasteiger partial charge in [-0.1, -0.05) is 23.2 Å². The lowest BCUT2D eigenvalue weighted by Gasteiger charge is -2.19. The molecule has 0 saturated heterocycles. The summed E-state index contributed by atoms with van der Waals surface area (Å²) in [5.41, 5.74) is -0.666. The van der Waals surface area contributed by atoms with E-state index >= 15 is 0 Å². The number of aromatic nitrogens is 2. The maximum absolute atomic E-state index is 12.5. The third-order valence-electron chi connectivity index (χ3n) is 3.62. The van der Waals surface area contributed by atoms with E-state index in [2.05, 4.69) is 20.6 Å². The zero-order chi connectivity index (χ0) is 20.3. The first-order valence-electron chi connectivity index (χ1n) is 7.72. The number of amides is 2. The number of ketones is 2. The van der Waals surface area contributed by atoms with E-state index in [1.54, 1.807) is 0 Å². The van der Waals surface area contributed by atoms with E-state index in [0.717, 1.165) is 0 Å². The van der Waals surface area contributed by atoms with Gasteiger partial charge in [0.2, 0.25) is 11.6 Å². The summed E-state index contributed by atoms with van der Waals surface area (Å²) in [6, 6.07) is 5.97. The molecule has 2 N–H and O–H groups in total. The third kappa shape index (κ3) is 3.83. The molecule has 140 valence electrons. The van der Waals surface area contributed by atoms with Crippen molar-refractivity contribution in [2.75, 3.05) is 0 Å². The van der Waals surface area contributed by atoms with Gasteiger partial charge < -0.3 is 10.6 Å². The van der Waals surface area contributed by atoms with Crippen LogP contribution in [0.4, 0.5) is 0 Å². The minimum absolute atomic E-state index is 0.149. The number of rotatable bonds is 4. The molecule has 1 aliphatic carbocycles. The number of carbonyl (C=O) groups excluding carboxylic acids is 4. The Morgan fingerprint density at radius 3 is 1.46 bits per heavy atom. The van der Waals surface area contributed by atoms with Crippen LogP contribution in [0.1, 0.15) is 20.7 Å². The largest absolute Gasteiger partial charge is 0.317 e. The van der Waals surface area contributed by atoms with Crippen LogP contribution in [0.3, 0.4) is 0 Å².